The van der Waals surface area contributed by atoms with E-state index in [4.69, 9.17) is 5.11 Å². The highest BCUT2D eigenvalue weighted by molar-refractivity contribution is 5.90. The van der Waals surface area contributed by atoms with Crippen molar-refractivity contribution in [1.82, 2.24) is 9.78 Å². The number of benzene rings is 1. The maximum Gasteiger partial charge on any atom is 0.356 e. The molecule has 0 atom stereocenters. The van der Waals surface area contributed by atoms with Crippen LogP contribution in [0, 0.1) is 0 Å². The first-order chi connectivity index (χ1) is 8.52. The molecule has 18 heavy (non-hydrogen) atoms. The van der Waals surface area contributed by atoms with Crippen LogP contribution < -0.4 is 0 Å². The average Bonchev–Trinajstić information content (AvgIpc) is 2.71. The number of phenolic OH excluding ortho intramolecular Hbond substituents is 1. The van der Waals surface area contributed by atoms with Gasteiger partial charge in [0, 0.05) is 18.2 Å². The number of hydrogen-bond acceptors (Lipinski definition) is 4. The van der Waals surface area contributed by atoms with Gasteiger partial charge in [0.25, 0.3) is 0 Å². The number of carbonyl (C=O) groups is 2. The van der Waals surface area contributed by atoms with Crippen LogP contribution in [-0.2, 0) is 7.05 Å². The number of nitrogens with zero attached hydrogens (tertiary/aromatic N) is 2. The van der Waals surface area contributed by atoms with Crippen LogP contribution in [0.15, 0.2) is 24.3 Å². The van der Waals surface area contributed by atoms with Gasteiger partial charge in [0.05, 0.1) is 5.69 Å². The summed E-state index contributed by atoms with van der Waals surface area (Å²) < 4.78 is 1.35. The van der Waals surface area contributed by atoms with Gasteiger partial charge in [-0.15, -0.1) is 0 Å². The molecule has 1 heterocycles. The van der Waals surface area contributed by atoms with Gasteiger partial charge in [-0.25, -0.2) is 4.79 Å². The van der Waals surface area contributed by atoms with Crippen LogP contribution in [0.25, 0.3) is 11.3 Å². The molecule has 2 N–H and O–H groups in total. The first-order valence-electron chi connectivity index (χ1n) is 5.09. The smallest absolute Gasteiger partial charge is 0.356 e. The Bertz CT molecular complexity index is 631. The van der Waals surface area contributed by atoms with Gasteiger partial charge in [0.15, 0.2) is 12.0 Å². The molecular weight excluding hydrogens is 236 g/mol. The zero-order valence-electron chi connectivity index (χ0n) is 9.49. The Morgan fingerprint density at radius 1 is 1.39 bits per heavy atom. The van der Waals surface area contributed by atoms with Crippen molar-refractivity contribution in [2.75, 3.05) is 0 Å². The summed E-state index contributed by atoms with van der Waals surface area (Å²) in [7, 11) is 1.57. The Balaban J connectivity index is 2.64. The summed E-state index contributed by atoms with van der Waals surface area (Å²) >= 11 is 0. The number of phenols is 1. The Kier molecular flexibility index (Phi) is 2.85. The zero-order chi connectivity index (χ0) is 13.3. The lowest BCUT2D eigenvalue weighted by atomic mass is 10.0. The lowest BCUT2D eigenvalue weighted by Crippen LogP contribution is -1.99. The number of aldehydes is 1. The van der Waals surface area contributed by atoms with E-state index in [1.54, 1.807) is 7.05 Å². The Hall–Kier alpha value is -2.63. The third-order valence-corrected chi connectivity index (χ3v) is 2.54. The molecule has 0 unspecified atom stereocenters. The molecule has 0 aliphatic heterocycles. The van der Waals surface area contributed by atoms with Crippen molar-refractivity contribution in [1.29, 1.82) is 0 Å². The van der Waals surface area contributed by atoms with Gasteiger partial charge in [-0.05, 0) is 24.3 Å². The number of carboxylic acids is 1. The van der Waals surface area contributed by atoms with Crippen molar-refractivity contribution >= 4 is 12.3 Å². The molecule has 92 valence electrons. The van der Waals surface area contributed by atoms with Crippen LogP contribution >= 0.6 is 0 Å². The highest BCUT2D eigenvalue weighted by Crippen LogP contribution is 2.27. The number of rotatable bonds is 3. The lowest BCUT2D eigenvalue weighted by Gasteiger charge is -2.05. The van der Waals surface area contributed by atoms with E-state index in [2.05, 4.69) is 5.10 Å². The van der Waals surface area contributed by atoms with Crippen LogP contribution in [0.5, 0.6) is 5.75 Å². The van der Waals surface area contributed by atoms with Gasteiger partial charge in [-0.2, -0.15) is 5.10 Å². The van der Waals surface area contributed by atoms with Crippen molar-refractivity contribution in [3.63, 3.8) is 0 Å². The summed E-state index contributed by atoms with van der Waals surface area (Å²) in [6.07, 6.45) is 0.641. The number of carbonyl (C=O) groups excluding carboxylic acids is 1. The molecule has 0 amide bonds. The fraction of sp³-hybridized carbons (Fsp3) is 0.0833. The molecular formula is C12H10N2O4. The lowest BCUT2D eigenvalue weighted by molar-refractivity contribution is 0.0689. The van der Waals surface area contributed by atoms with Gasteiger partial charge in [-0.1, -0.05) is 0 Å². The molecule has 6 heteroatoms. The van der Waals surface area contributed by atoms with E-state index < -0.39 is 5.97 Å². The third kappa shape index (κ3) is 1.95. The van der Waals surface area contributed by atoms with Crippen molar-refractivity contribution in [2.45, 2.75) is 0 Å². The molecule has 0 bridgehead atoms. The minimum absolute atomic E-state index is 0.00586. The molecule has 6 nitrogen and oxygen atoms in total. The van der Waals surface area contributed by atoms with Gasteiger partial charge in [-0.3, -0.25) is 9.48 Å². The second-order valence-electron chi connectivity index (χ2n) is 3.73. The van der Waals surface area contributed by atoms with E-state index in [1.165, 1.54) is 28.9 Å². The quantitative estimate of drug-likeness (QED) is 0.796. The summed E-state index contributed by atoms with van der Waals surface area (Å²) in [4.78, 5) is 21.8. The van der Waals surface area contributed by atoms with E-state index in [-0.39, 0.29) is 11.4 Å². The minimum Gasteiger partial charge on any atom is -0.508 e. The molecule has 0 saturated carbocycles. The standard InChI is InChI=1S/C12H10N2O4/c1-14-11(5-10(13-14)12(17)18)9-4-8(16)3-2-7(9)6-15/h2-6,16H,1H3,(H,17,18). The minimum atomic E-state index is -1.15. The maximum atomic E-state index is 10.9. The number of aromatic hydroxyl groups is 1. The Morgan fingerprint density at radius 3 is 2.67 bits per heavy atom. The molecule has 1 aromatic carbocycles. The Morgan fingerprint density at radius 2 is 2.11 bits per heavy atom. The predicted molar refractivity (Wildman–Crippen MR) is 62.7 cm³/mol. The summed E-state index contributed by atoms with van der Waals surface area (Å²) in [5.41, 5.74) is 1.12. The first kappa shape index (κ1) is 11.8. The third-order valence-electron chi connectivity index (χ3n) is 2.54. The number of hydrogen-bond donors (Lipinski definition) is 2. The van der Waals surface area contributed by atoms with E-state index in [1.807, 2.05) is 0 Å². The SMILES string of the molecule is Cn1nc(C(=O)O)cc1-c1cc(O)ccc1C=O. The second kappa shape index (κ2) is 4.33. The summed E-state index contributed by atoms with van der Waals surface area (Å²) in [6, 6.07) is 5.60. The molecule has 0 aliphatic carbocycles. The average molecular weight is 246 g/mol. The molecule has 2 rings (SSSR count). The van der Waals surface area contributed by atoms with Crippen molar-refractivity contribution in [3.8, 4) is 17.0 Å². The van der Waals surface area contributed by atoms with Crippen molar-refractivity contribution in [2.24, 2.45) is 7.05 Å². The predicted octanol–water partition coefficient (Wildman–Crippen LogP) is 1.30. The van der Waals surface area contributed by atoms with Crippen molar-refractivity contribution < 1.29 is 19.8 Å². The highest BCUT2D eigenvalue weighted by atomic mass is 16.4. The number of aryl methyl sites for hydroxylation is 1. The van der Waals surface area contributed by atoms with Crippen LogP contribution in [0.3, 0.4) is 0 Å². The van der Waals surface area contributed by atoms with E-state index in [0.29, 0.717) is 23.1 Å². The number of carboxylic acid groups (broad SMARTS) is 1. The van der Waals surface area contributed by atoms with Crippen LogP contribution in [-0.4, -0.2) is 32.2 Å². The molecule has 0 saturated heterocycles. The zero-order valence-corrected chi connectivity index (χ0v) is 9.49. The molecule has 0 aliphatic rings. The maximum absolute atomic E-state index is 10.9. The summed E-state index contributed by atoms with van der Waals surface area (Å²) in [6.45, 7) is 0. The molecule has 0 spiro atoms. The van der Waals surface area contributed by atoms with Crippen LogP contribution in [0.2, 0.25) is 0 Å². The van der Waals surface area contributed by atoms with Crippen LogP contribution in [0.1, 0.15) is 20.8 Å². The fourth-order valence-electron chi connectivity index (χ4n) is 1.69. The first-order valence-corrected chi connectivity index (χ1v) is 5.09. The fourth-order valence-corrected chi connectivity index (χ4v) is 1.69. The topological polar surface area (TPSA) is 92.4 Å². The Labute approximate surface area is 102 Å². The van der Waals surface area contributed by atoms with Gasteiger partial charge in [0.1, 0.15) is 5.75 Å². The van der Waals surface area contributed by atoms with Crippen molar-refractivity contribution in [3.05, 3.63) is 35.5 Å². The number of aromatic nitrogens is 2. The van der Waals surface area contributed by atoms with E-state index in [0.717, 1.165) is 0 Å². The largest absolute Gasteiger partial charge is 0.508 e. The summed E-state index contributed by atoms with van der Waals surface area (Å²) in [5, 5.41) is 22.1. The van der Waals surface area contributed by atoms with E-state index >= 15 is 0 Å². The summed E-state index contributed by atoms with van der Waals surface area (Å²) in [5.74, 6) is -1.15. The normalized spacial score (nSPS) is 10.3. The molecule has 0 fully saturated rings. The van der Waals surface area contributed by atoms with Gasteiger partial charge in [0.2, 0.25) is 0 Å². The van der Waals surface area contributed by atoms with Gasteiger partial charge < -0.3 is 10.2 Å². The molecule has 2 aromatic rings. The highest BCUT2D eigenvalue weighted by Gasteiger charge is 2.15. The molecule has 1 aromatic heterocycles. The monoisotopic (exact) mass is 246 g/mol. The molecule has 0 radical (unpaired) electrons. The van der Waals surface area contributed by atoms with Crippen LogP contribution in [0.4, 0.5) is 0 Å². The van der Waals surface area contributed by atoms with E-state index in [9.17, 15) is 14.7 Å². The second-order valence-corrected chi connectivity index (χ2v) is 3.73. The van der Waals surface area contributed by atoms with Gasteiger partial charge >= 0.3 is 5.97 Å². The number of aromatic carboxylic acids is 1.